The van der Waals surface area contributed by atoms with Gasteiger partial charge >= 0.3 is 12.0 Å². The third-order valence-corrected chi connectivity index (χ3v) is 6.42. The van der Waals surface area contributed by atoms with Gasteiger partial charge in [0.25, 0.3) is 0 Å². The Kier molecular flexibility index (Phi) is 8.30. The molecule has 0 saturated carbocycles. The van der Waals surface area contributed by atoms with Crippen molar-refractivity contribution in [1.29, 1.82) is 0 Å². The SMILES string of the molecule is CCCCCOc1cc(N2CCCN(Cc3ccnc4c3ccn4CC(=O)OC)C2=O)ccc1OC. The van der Waals surface area contributed by atoms with Gasteiger partial charge in [-0.1, -0.05) is 19.8 Å². The maximum atomic E-state index is 13.5. The second-order valence-electron chi connectivity index (χ2n) is 8.83. The first-order valence-electron chi connectivity index (χ1n) is 12.4. The molecule has 1 aromatic carbocycles. The summed E-state index contributed by atoms with van der Waals surface area (Å²) in [6, 6.07) is 9.45. The van der Waals surface area contributed by atoms with Gasteiger partial charge in [0, 0.05) is 49.2 Å². The highest BCUT2D eigenvalue weighted by Crippen LogP contribution is 2.33. The van der Waals surface area contributed by atoms with Gasteiger partial charge in [-0.25, -0.2) is 9.78 Å². The summed E-state index contributed by atoms with van der Waals surface area (Å²) in [5.74, 6) is 0.973. The summed E-state index contributed by atoms with van der Waals surface area (Å²) in [5, 5.41) is 0.915. The predicted molar refractivity (Wildman–Crippen MR) is 138 cm³/mol. The van der Waals surface area contributed by atoms with Gasteiger partial charge in [-0.3, -0.25) is 9.69 Å². The van der Waals surface area contributed by atoms with Crippen LogP contribution in [0.15, 0.2) is 42.7 Å². The number of amides is 2. The van der Waals surface area contributed by atoms with Crippen molar-refractivity contribution in [3.8, 4) is 11.5 Å². The van der Waals surface area contributed by atoms with E-state index in [1.54, 1.807) is 22.8 Å². The minimum Gasteiger partial charge on any atom is -0.493 e. The van der Waals surface area contributed by atoms with Crippen molar-refractivity contribution >= 4 is 28.7 Å². The zero-order valence-corrected chi connectivity index (χ0v) is 21.2. The van der Waals surface area contributed by atoms with Crippen LogP contribution in [0.25, 0.3) is 11.0 Å². The van der Waals surface area contributed by atoms with Crippen molar-refractivity contribution in [3.63, 3.8) is 0 Å². The number of nitrogens with zero attached hydrogens (tertiary/aromatic N) is 4. The van der Waals surface area contributed by atoms with E-state index in [9.17, 15) is 9.59 Å². The number of hydrogen-bond donors (Lipinski definition) is 0. The maximum Gasteiger partial charge on any atom is 0.325 e. The summed E-state index contributed by atoms with van der Waals surface area (Å²) in [4.78, 5) is 33.3. The molecule has 0 aliphatic carbocycles. The van der Waals surface area contributed by atoms with Crippen molar-refractivity contribution < 1.29 is 23.8 Å². The zero-order valence-electron chi connectivity index (χ0n) is 21.2. The van der Waals surface area contributed by atoms with Crippen LogP contribution in [0.1, 0.15) is 38.2 Å². The smallest absolute Gasteiger partial charge is 0.325 e. The number of pyridine rings is 1. The largest absolute Gasteiger partial charge is 0.493 e. The fourth-order valence-corrected chi connectivity index (χ4v) is 4.47. The Balaban J connectivity index is 1.52. The second kappa shape index (κ2) is 11.8. The van der Waals surface area contributed by atoms with E-state index in [1.165, 1.54) is 7.11 Å². The number of carbonyl (C=O) groups is 2. The molecule has 0 atom stereocenters. The Morgan fingerprint density at radius 2 is 1.94 bits per heavy atom. The fraction of sp³-hybridized carbons (Fsp3) is 0.444. The third kappa shape index (κ3) is 5.56. The van der Waals surface area contributed by atoms with Crippen molar-refractivity contribution in [3.05, 3.63) is 48.3 Å². The summed E-state index contributed by atoms with van der Waals surface area (Å²) >= 11 is 0. The van der Waals surface area contributed by atoms with Gasteiger partial charge in [-0.2, -0.15) is 0 Å². The number of benzene rings is 1. The molecule has 0 N–H and O–H groups in total. The lowest BCUT2D eigenvalue weighted by atomic mass is 10.1. The maximum absolute atomic E-state index is 13.5. The molecule has 0 spiro atoms. The molecule has 0 unspecified atom stereocenters. The number of anilines is 1. The number of rotatable bonds is 11. The molecular weight excluding hydrogens is 460 g/mol. The normalized spacial score (nSPS) is 13.8. The molecule has 1 aliphatic heterocycles. The number of fused-ring (bicyclic) bond motifs is 1. The van der Waals surface area contributed by atoms with E-state index in [0.29, 0.717) is 43.4 Å². The molecule has 9 nitrogen and oxygen atoms in total. The Hall–Kier alpha value is -3.75. The first kappa shape index (κ1) is 25.3. The van der Waals surface area contributed by atoms with Crippen LogP contribution in [0.5, 0.6) is 11.5 Å². The van der Waals surface area contributed by atoms with Gasteiger partial charge in [0.2, 0.25) is 0 Å². The van der Waals surface area contributed by atoms with E-state index >= 15 is 0 Å². The average Bonchev–Trinajstić information content (AvgIpc) is 3.31. The molecule has 2 aromatic heterocycles. The highest BCUT2D eigenvalue weighted by molar-refractivity contribution is 5.93. The van der Waals surface area contributed by atoms with Crippen molar-refractivity contribution in [1.82, 2.24) is 14.5 Å². The number of methoxy groups -OCH3 is 2. The highest BCUT2D eigenvalue weighted by Gasteiger charge is 2.28. The summed E-state index contributed by atoms with van der Waals surface area (Å²) in [7, 11) is 2.99. The zero-order chi connectivity index (χ0) is 25.5. The molecule has 0 radical (unpaired) electrons. The minimum atomic E-state index is -0.338. The first-order valence-corrected chi connectivity index (χ1v) is 12.4. The number of aromatic nitrogens is 2. The number of unbranched alkanes of at least 4 members (excludes halogenated alkanes) is 2. The van der Waals surface area contributed by atoms with Crippen molar-refractivity contribution in [2.24, 2.45) is 0 Å². The Labute approximate surface area is 211 Å². The molecule has 1 aliphatic rings. The van der Waals surface area contributed by atoms with Crippen LogP contribution < -0.4 is 14.4 Å². The van der Waals surface area contributed by atoms with Crippen LogP contribution in [-0.4, -0.2) is 60.4 Å². The third-order valence-electron chi connectivity index (χ3n) is 6.42. The van der Waals surface area contributed by atoms with E-state index in [-0.39, 0.29) is 18.5 Å². The first-order chi connectivity index (χ1) is 17.5. The number of esters is 1. The van der Waals surface area contributed by atoms with Gasteiger partial charge in [-0.05, 0) is 42.7 Å². The summed E-state index contributed by atoms with van der Waals surface area (Å²) in [6.07, 6.45) is 7.59. The molecule has 3 aromatic rings. The van der Waals surface area contributed by atoms with Crippen molar-refractivity contribution in [2.45, 2.75) is 45.7 Å². The van der Waals surface area contributed by atoms with Crippen LogP contribution in [-0.2, 0) is 22.6 Å². The van der Waals surface area contributed by atoms with E-state index in [2.05, 4.69) is 11.9 Å². The average molecular weight is 495 g/mol. The summed E-state index contributed by atoms with van der Waals surface area (Å²) in [5.41, 5.74) is 2.47. The molecule has 1 fully saturated rings. The van der Waals surface area contributed by atoms with E-state index < -0.39 is 0 Å². The molecule has 192 valence electrons. The van der Waals surface area contributed by atoms with Crippen LogP contribution in [0.2, 0.25) is 0 Å². The van der Waals surface area contributed by atoms with Crippen LogP contribution >= 0.6 is 0 Å². The molecule has 9 heteroatoms. The minimum absolute atomic E-state index is 0.0534. The number of urea groups is 1. The fourth-order valence-electron chi connectivity index (χ4n) is 4.47. The van der Waals surface area contributed by atoms with Gasteiger partial charge in [0.05, 0.1) is 20.8 Å². The molecule has 36 heavy (non-hydrogen) atoms. The Bertz CT molecular complexity index is 1210. The second-order valence-corrected chi connectivity index (χ2v) is 8.83. The summed E-state index contributed by atoms with van der Waals surface area (Å²) in [6.45, 7) is 4.61. The monoisotopic (exact) mass is 494 g/mol. The summed E-state index contributed by atoms with van der Waals surface area (Å²) < 4.78 is 18.0. The molecule has 3 heterocycles. The molecular formula is C27H34N4O5. The van der Waals surface area contributed by atoms with Crippen LogP contribution in [0.3, 0.4) is 0 Å². The lowest BCUT2D eigenvalue weighted by molar-refractivity contribution is -0.141. The Morgan fingerprint density at radius 1 is 1.08 bits per heavy atom. The van der Waals surface area contributed by atoms with Crippen LogP contribution in [0.4, 0.5) is 10.5 Å². The molecule has 4 rings (SSSR count). The quantitative estimate of drug-likeness (QED) is 0.286. The molecule has 0 bridgehead atoms. The molecule has 2 amide bonds. The predicted octanol–water partition coefficient (Wildman–Crippen LogP) is 4.62. The van der Waals surface area contributed by atoms with E-state index in [4.69, 9.17) is 14.2 Å². The van der Waals surface area contributed by atoms with Gasteiger partial charge in [-0.15, -0.1) is 0 Å². The Morgan fingerprint density at radius 3 is 2.72 bits per heavy atom. The van der Waals surface area contributed by atoms with E-state index in [0.717, 1.165) is 42.3 Å². The molecule has 1 saturated heterocycles. The number of carbonyl (C=O) groups excluding carboxylic acids is 2. The van der Waals surface area contributed by atoms with Gasteiger partial charge < -0.3 is 23.7 Å². The van der Waals surface area contributed by atoms with Gasteiger partial charge in [0.1, 0.15) is 12.2 Å². The number of hydrogen-bond acceptors (Lipinski definition) is 6. The van der Waals surface area contributed by atoms with Gasteiger partial charge in [0.15, 0.2) is 11.5 Å². The van der Waals surface area contributed by atoms with E-state index in [1.807, 2.05) is 41.4 Å². The lowest BCUT2D eigenvalue weighted by Gasteiger charge is -2.36. The van der Waals surface area contributed by atoms with Crippen molar-refractivity contribution in [2.75, 3.05) is 38.8 Å². The standard InChI is InChI=1S/C27H34N4O5/c1-4-5-6-16-36-24-17-21(8-9-23(24)34-2)31-14-7-13-30(27(31)33)18-20-10-12-28-26-22(20)11-15-29(26)19-25(32)35-3/h8-12,15,17H,4-7,13-14,16,18-19H2,1-3H3. The van der Waals surface area contributed by atoms with Crippen LogP contribution in [0, 0.1) is 0 Å². The highest BCUT2D eigenvalue weighted by atomic mass is 16.5. The topological polar surface area (TPSA) is 86.1 Å². The number of ether oxygens (including phenoxy) is 3. The lowest BCUT2D eigenvalue weighted by Crippen LogP contribution is -2.49.